The fourth-order valence-corrected chi connectivity index (χ4v) is 7.67. The van der Waals surface area contributed by atoms with Crippen LogP contribution in [0.5, 0.6) is 34.5 Å². The van der Waals surface area contributed by atoms with Gasteiger partial charge in [-0.3, -0.25) is 0 Å². The molecule has 370 valence electrons. The molecule has 18 heteroatoms. The van der Waals surface area contributed by atoms with E-state index in [-0.39, 0.29) is 159 Å². The lowest BCUT2D eigenvalue weighted by Crippen LogP contribution is -2.32. The number of benzene rings is 4. The maximum atomic E-state index is 9.49. The second-order valence-corrected chi connectivity index (χ2v) is 14.5. The van der Waals surface area contributed by atoms with Crippen LogP contribution in [0.15, 0.2) is 72.8 Å². The molecule has 4 aromatic rings. The molecule has 4 aromatic carbocycles. The molecule has 0 saturated heterocycles. The van der Waals surface area contributed by atoms with E-state index in [0.29, 0.717) is 45.6 Å². The molecule has 0 amide bonds. The minimum atomic E-state index is -1.39. The lowest BCUT2D eigenvalue weighted by atomic mass is 9.66. The fourth-order valence-electron chi connectivity index (χ4n) is 7.67. The molecule has 0 spiro atoms. The smallest absolute Gasteiger partial charge is 0.131 e. The Morgan fingerprint density at radius 2 is 0.552 bits per heavy atom. The summed E-state index contributed by atoms with van der Waals surface area (Å²) in [4.78, 5) is 0. The molecule has 0 heterocycles. The van der Waals surface area contributed by atoms with Gasteiger partial charge in [0.1, 0.15) is 74.1 Å². The zero-order valence-corrected chi connectivity index (χ0v) is 38.0. The second-order valence-electron chi connectivity index (χ2n) is 14.5. The van der Waals surface area contributed by atoms with Crippen molar-refractivity contribution in [2.24, 2.45) is 0 Å². The van der Waals surface area contributed by atoms with Crippen LogP contribution in [0.25, 0.3) is 11.1 Å². The highest BCUT2D eigenvalue weighted by Gasteiger charge is 2.53. The fraction of sp³-hybridized carbons (Fsp3) is 0.510. The predicted octanol–water partition coefficient (Wildman–Crippen LogP) is 2.38. The van der Waals surface area contributed by atoms with E-state index in [4.69, 9.17) is 56.8 Å². The zero-order valence-electron chi connectivity index (χ0n) is 38.0. The first kappa shape index (κ1) is 53.2. The van der Waals surface area contributed by atoms with Gasteiger partial charge in [0.05, 0.1) is 135 Å². The zero-order chi connectivity index (χ0) is 47.4. The van der Waals surface area contributed by atoms with Crippen LogP contribution in [0.1, 0.15) is 22.3 Å². The summed E-state index contributed by atoms with van der Waals surface area (Å²) in [7, 11) is 0. The lowest BCUT2D eigenvalue weighted by Gasteiger charge is -2.38. The maximum absolute atomic E-state index is 9.49. The Labute approximate surface area is 391 Å². The number of hydrogen-bond acceptors (Lipinski definition) is 18. The van der Waals surface area contributed by atoms with Crippen molar-refractivity contribution in [2.45, 2.75) is 5.41 Å². The molecule has 6 N–H and O–H groups in total. The molecule has 0 saturated carbocycles. The van der Waals surface area contributed by atoms with Crippen molar-refractivity contribution < 1.29 is 87.5 Å². The average Bonchev–Trinajstić information content (AvgIpc) is 3.63. The summed E-state index contributed by atoms with van der Waals surface area (Å²) in [5, 5.41) is 56.5. The maximum Gasteiger partial charge on any atom is 0.131 e. The number of ether oxygens (including phenoxy) is 12. The molecule has 0 aliphatic heterocycles. The molecule has 0 fully saturated rings. The summed E-state index contributed by atoms with van der Waals surface area (Å²) in [6.07, 6.45) is 0. The van der Waals surface area contributed by atoms with Gasteiger partial charge >= 0.3 is 0 Å². The van der Waals surface area contributed by atoms with Crippen LogP contribution in [-0.4, -0.2) is 189 Å². The minimum absolute atomic E-state index is 0.0523. The van der Waals surface area contributed by atoms with E-state index in [2.05, 4.69) is 0 Å². The van der Waals surface area contributed by atoms with Crippen molar-refractivity contribution in [3.63, 3.8) is 0 Å². The van der Waals surface area contributed by atoms with Gasteiger partial charge in [-0.1, -0.05) is 48.5 Å². The summed E-state index contributed by atoms with van der Waals surface area (Å²) in [6.45, 7) is 1.13. The summed E-state index contributed by atoms with van der Waals surface area (Å²) in [5.41, 5.74) is 3.13. The quantitative estimate of drug-likeness (QED) is 0.0312. The van der Waals surface area contributed by atoms with Crippen LogP contribution >= 0.6 is 0 Å². The highest BCUT2D eigenvalue weighted by atomic mass is 16.6. The Morgan fingerprint density at radius 1 is 0.299 bits per heavy atom. The van der Waals surface area contributed by atoms with Crippen LogP contribution in [0.4, 0.5) is 0 Å². The van der Waals surface area contributed by atoms with Crippen molar-refractivity contribution in [3.05, 3.63) is 95.1 Å². The largest absolute Gasteiger partial charge is 0.491 e. The van der Waals surface area contributed by atoms with Crippen LogP contribution in [0, 0.1) is 0 Å². The summed E-state index contributed by atoms with van der Waals surface area (Å²) in [5.74, 6) is 2.13. The third-order valence-electron chi connectivity index (χ3n) is 10.1. The van der Waals surface area contributed by atoms with Gasteiger partial charge in [0, 0.05) is 24.3 Å². The average molecular weight is 943 g/mol. The van der Waals surface area contributed by atoms with Crippen molar-refractivity contribution in [1.82, 2.24) is 0 Å². The van der Waals surface area contributed by atoms with Crippen molar-refractivity contribution in [2.75, 3.05) is 159 Å². The first-order valence-electron chi connectivity index (χ1n) is 22.5. The van der Waals surface area contributed by atoms with Gasteiger partial charge in [-0.2, -0.15) is 0 Å². The molecule has 0 aromatic heterocycles. The Bertz CT molecular complexity index is 1780. The normalized spacial score (nSPS) is 12.4. The van der Waals surface area contributed by atoms with E-state index in [1.165, 1.54) is 0 Å². The van der Waals surface area contributed by atoms with Gasteiger partial charge in [-0.25, -0.2) is 0 Å². The molecular weight excluding hydrogens is 877 g/mol. The first-order chi connectivity index (χ1) is 33.1. The summed E-state index contributed by atoms with van der Waals surface area (Å²) < 4.78 is 73.3. The molecule has 5 rings (SSSR count). The van der Waals surface area contributed by atoms with Crippen LogP contribution in [0.2, 0.25) is 0 Å². The van der Waals surface area contributed by atoms with Crippen LogP contribution in [-0.2, 0) is 33.8 Å². The Kier molecular flexibility index (Phi) is 24.2. The lowest BCUT2D eigenvalue weighted by molar-refractivity contribution is 0.0660. The Morgan fingerprint density at radius 3 is 0.821 bits per heavy atom. The topological polar surface area (TPSA) is 232 Å². The summed E-state index contributed by atoms with van der Waals surface area (Å²) >= 11 is 0. The number of hydrogen-bond donors (Lipinski definition) is 6. The van der Waals surface area contributed by atoms with Crippen molar-refractivity contribution >= 4 is 0 Å². The molecule has 0 atom stereocenters. The highest BCUT2D eigenvalue weighted by molar-refractivity contribution is 5.89. The molecule has 18 nitrogen and oxygen atoms in total. The van der Waals surface area contributed by atoms with Crippen LogP contribution in [0.3, 0.4) is 0 Å². The number of aliphatic hydroxyl groups excluding tert-OH is 6. The van der Waals surface area contributed by atoms with E-state index in [1.807, 2.05) is 48.5 Å². The number of fused-ring (bicyclic) bond motifs is 3. The van der Waals surface area contributed by atoms with E-state index >= 15 is 0 Å². The van der Waals surface area contributed by atoms with Gasteiger partial charge in [-0.05, 0) is 22.3 Å². The SMILES string of the molecule is OCCOCCOc1cc(OCCOCCO)c(C2(c3c(OCCOCCO)cc(OCCOCCO)cc3OCCOCCO)c3ccccc3-c3ccccc32)c(OCCOCCO)c1. The van der Waals surface area contributed by atoms with E-state index in [9.17, 15) is 30.6 Å². The van der Waals surface area contributed by atoms with Crippen LogP contribution < -0.4 is 28.4 Å². The second kappa shape index (κ2) is 30.6. The third kappa shape index (κ3) is 15.1. The Hall–Kier alpha value is -4.80. The van der Waals surface area contributed by atoms with E-state index < -0.39 is 5.41 Å². The number of aliphatic hydroxyl groups is 6. The molecule has 1 aliphatic carbocycles. The van der Waals surface area contributed by atoms with Crippen molar-refractivity contribution in [1.29, 1.82) is 0 Å². The summed E-state index contributed by atoms with van der Waals surface area (Å²) in [6, 6.07) is 23.1. The molecule has 67 heavy (non-hydrogen) atoms. The van der Waals surface area contributed by atoms with Gasteiger partial charge in [0.25, 0.3) is 0 Å². The first-order valence-corrected chi connectivity index (χ1v) is 22.5. The highest BCUT2D eigenvalue weighted by Crippen LogP contribution is 2.64. The molecule has 0 unspecified atom stereocenters. The third-order valence-corrected chi connectivity index (χ3v) is 10.1. The predicted molar refractivity (Wildman–Crippen MR) is 244 cm³/mol. The Balaban J connectivity index is 1.87. The van der Waals surface area contributed by atoms with Gasteiger partial charge in [0.2, 0.25) is 0 Å². The van der Waals surface area contributed by atoms with E-state index in [0.717, 1.165) is 22.3 Å². The van der Waals surface area contributed by atoms with E-state index in [1.54, 1.807) is 24.3 Å². The molecule has 0 radical (unpaired) electrons. The molecule has 0 bridgehead atoms. The minimum Gasteiger partial charge on any atom is -0.491 e. The molecular formula is C49H66O18. The monoisotopic (exact) mass is 942 g/mol. The number of rotatable bonds is 38. The van der Waals surface area contributed by atoms with Gasteiger partial charge in [-0.15, -0.1) is 0 Å². The van der Waals surface area contributed by atoms with Gasteiger partial charge < -0.3 is 87.5 Å². The van der Waals surface area contributed by atoms with Gasteiger partial charge in [0.15, 0.2) is 0 Å². The van der Waals surface area contributed by atoms with Crippen molar-refractivity contribution in [3.8, 4) is 45.6 Å². The molecule has 1 aliphatic rings. The standard InChI is InChI=1S/C49H66O18/c50-9-15-56-21-27-62-37-33-43(64-29-23-58-17-11-52)47(44(34-37)65-30-24-59-18-12-53)49(41-7-3-1-5-39(41)40-6-2-4-8-42(40)49)48-45(66-31-25-60-19-13-54)35-38(63-28-22-57-16-10-51)36-46(48)67-32-26-61-20-14-55/h1-8,33-36,50-55H,9-32H2.